The molecule has 0 radical (unpaired) electrons. The zero-order valence-electron chi connectivity index (χ0n) is 36.3. The van der Waals surface area contributed by atoms with Crippen LogP contribution >= 0.6 is 0 Å². The zero-order chi connectivity index (χ0) is 41.4. The molecule has 9 nitrogen and oxygen atoms in total. The Morgan fingerprint density at radius 1 is 0.561 bits per heavy atom. The monoisotopic (exact) mass is 807 g/mol. The second-order valence-corrected chi connectivity index (χ2v) is 15.8. The van der Waals surface area contributed by atoms with Crippen LogP contribution in [0, 0.1) is 0 Å². The number of hydrogen-bond donors (Lipinski definition) is 4. The van der Waals surface area contributed by atoms with Gasteiger partial charge in [0.05, 0.1) is 19.8 Å². The Morgan fingerprint density at radius 3 is 1.54 bits per heavy atom. The van der Waals surface area contributed by atoms with Gasteiger partial charge >= 0.3 is 5.97 Å². The van der Waals surface area contributed by atoms with Crippen LogP contribution in [0.4, 0.5) is 0 Å². The molecule has 0 spiro atoms. The number of carbonyl (C=O) groups excluding carboxylic acids is 1. The van der Waals surface area contributed by atoms with Gasteiger partial charge in [0, 0.05) is 13.0 Å². The molecule has 1 aliphatic heterocycles. The molecule has 4 N–H and O–H groups in total. The number of carbonyl (C=O) groups is 1. The molecule has 0 saturated carbocycles. The zero-order valence-corrected chi connectivity index (χ0v) is 36.3. The van der Waals surface area contributed by atoms with Crippen molar-refractivity contribution in [3.05, 3.63) is 48.6 Å². The second kappa shape index (κ2) is 39.6. The third-order valence-electron chi connectivity index (χ3n) is 10.5. The van der Waals surface area contributed by atoms with Crippen LogP contribution in [-0.2, 0) is 23.7 Å². The predicted octanol–water partition coefficient (Wildman–Crippen LogP) is 10.5. The fourth-order valence-electron chi connectivity index (χ4n) is 6.79. The van der Waals surface area contributed by atoms with Gasteiger partial charge in [0.15, 0.2) is 6.29 Å². The van der Waals surface area contributed by atoms with Crippen molar-refractivity contribution >= 4 is 5.97 Å². The summed E-state index contributed by atoms with van der Waals surface area (Å²) in [7, 11) is 0. The third kappa shape index (κ3) is 30.8. The standard InChI is InChI=1S/C48H86O9/c1-3-5-7-9-11-13-15-17-19-21-22-24-26-28-30-32-34-36-38-54-40-42(41-55-48-47(53)46(52)45(51)43(39-49)57-48)56-44(50)37-35-33-31-29-27-25-23-20-18-16-14-12-10-8-6-4-2/h11,13-14,16-17,19-20,23,42-43,45-49,51-53H,3-10,12,15,18,21-22,24-41H2,1-2H3/b13-11-,16-14-,19-17-,23-20-. The first-order valence-electron chi connectivity index (χ1n) is 23.2. The number of aliphatic hydroxyl groups excluding tert-OH is 4. The Morgan fingerprint density at radius 2 is 1.02 bits per heavy atom. The maximum absolute atomic E-state index is 12.8. The van der Waals surface area contributed by atoms with Crippen LogP contribution in [0.1, 0.15) is 187 Å². The molecule has 1 saturated heterocycles. The van der Waals surface area contributed by atoms with E-state index >= 15 is 0 Å². The van der Waals surface area contributed by atoms with Gasteiger partial charge in [-0.15, -0.1) is 0 Å². The van der Waals surface area contributed by atoms with Crippen LogP contribution in [0.25, 0.3) is 0 Å². The van der Waals surface area contributed by atoms with Crippen molar-refractivity contribution in [2.24, 2.45) is 0 Å². The molecule has 6 atom stereocenters. The number of ether oxygens (including phenoxy) is 4. The number of unbranched alkanes of at least 4 members (excludes halogenated alkanes) is 20. The van der Waals surface area contributed by atoms with Crippen molar-refractivity contribution in [2.75, 3.05) is 26.4 Å². The summed E-state index contributed by atoms with van der Waals surface area (Å²) in [5, 5.41) is 40.1. The minimum absolute atomic E-state index is 0.122. The lowest BCUT2D eigenvalue weighted by atomic mass is 9.99. The highest BCUT2D eigenvalue weighted by molar-refractivity contribution is 5.69. The molecule has 0 amide bonds. The van der Waals surface area contributed by atoms with Crippen LogP contribution in [0.2, 0.25) is 0 Å². The lowest BCUT2D eigenvalue weighted by Crippen LogP contribution is -2.59. The Bertz CT molecular complexity index is 1010. The van der Waals surface area contributed by atoms with E-state index in [0.29, 0.717) is 13.0 Å². The van der Waals surface area contributed by atoms with Crippen molar-refractivity contribution in [2.45, 2.75) is 224 Å². The van der Waals surface area contributed by atoms with E-state index in [1.807, 2.05) is 0 Å². The molecule has 0 aromatic rings. The van der Waals surface area contributed by atoms with E-state index in [-0.39, 0.29) is 19.2 Å². The predicted molar refractivity (Wildman–Crippen MR) is 233 cm³/mol. The van der Waals surface area contributed by atoms with E-state index in [1.54, 1.807) is 0 Å². The smallest absolute Gasteiger partial charge is 0.306 e. The summed E-state index contributed by atoms with van der Waals surface area (Å²) in [4.78, 5) is 12.8. The van der Waals surface area contributed by atoms with Crippen molar-refractivity contribution < 1.29 is 44.2 Å². The normalized spacial score (nSPS) is 20.8. The van der Waals surface area contributed by atoms with Gasteiger partial charge in [-0.1, -0.05) is 152 Å². The Labute approximate surface area is 348 Å². The second-order valence-electron chi connectivity index (χ2n) is 15.8. The summed E-state index contributed by atoms with van der Waals surface area (Å²) in [5.41, 5.74) is 0. The van der Waals surface area contributed by atoms with Gasteiger partial charge < -0.3 is 39.4 Å². The number of aliphatic hydroxyl groups is 4. The van der Waals surface area contributed by atoms with Crippen molar-refractivity contribution in [1.82, 2.24) is 0 Å². The van der Waals surface area contributed by atoms with E-state index in [4.69, 9.17) is 18.9 Å². The molecule has 1 fully saturated rings. The van der Waals surface area contributed by atoms with E-state index < -0.39 is 43.4 Å². The highest BCUT2D eigenvalue weighted by atomic mass is 16.7. The number of rotatable bonds is 39. The summed E-state index contributed by atoms with van der Waals surface area (Å²) in [5.74, 6) is -0.330. The van der Waals surface area contributed by atoms with Gasteiger partial charge in [-0.2, -0.15) is 0 Å². The maximum Gasteiger partial charge on any atom is 0.306 e. The minimum Gasteiger partial charge on any atom is -0.457 e. The molecule has 1 heterocycles. The fourth-order valence-corrected chi connectivity index (χ4v) is 6.79. The molecule has 0 aromatic heterocycles. The SMILES string of the molecule is CCCCC/C=C\C/C=C\CCCCCCCCCCOCC(COC1OC(CO)C(O)C(O)C1O)OC(=O)CCCCCCC/C=C\C/C=C\CCCCCC. The number of allylic oxidation sites excluding steroid dienone is 8. The van der Waals surface area contributed by atoms with Crippen LogP contribution in [0.15, 0.2) is 48.6 Å². The minimum atomic E-state index is -1.54. The number of esters is 1. The third-order valence-corrected chi connectivity index (χ3v) is 10.5. The van der Waals surface area contributed by atoms with Crippen molar-refractivity contribution in [1.29, 1.82) is 0 Å². The molecule has 9 heteroatoms. The lowest BCUT2D eigenvalue weighted by molar-refractivity contribution is -0.305. The summed E-state index contributed by atoms with van der Waals surface area (Å²) < 4.78 is 22.8. The molecule has 1 aliphatic rings. The Kier molecular flexibility index (Phi) is 36.9. The van der Waals surface area contributed by atoms with Gasteiger partial charge in [-0.25, -0.2) is 0 Å². The van der Waals surface area contributed by atoms with E-state index in [0.717, 1.165) is 64.2 Å². The topological polar surface area (TPSA) is 135 Å². The van der Waals surface area contributed by atoms with Gasteiger partial charge in [-0.3, -0.25) is 4.79 Å². The van der Waals surface area contributed by atoms with E-state index in [9.17, 15) is 25.2 Å². The fraction of sp³-hybridized carbons (Fsp3) is 0.812. The molecule has 57 heavy (non-hydrogen) atoms. The first-order valence-corrected chi connectivity index (χ1v) is 23.2. The van der Waals surface area contributed by atoms with Crippen LogP contribution in [-0.4, -0.2) is 89.6 Å². The average Bonchev–Trinajstić information content (AvgIpc) is 3.21. The lowest BCUT2D eigenvalue weighted by Gasteiger charge is -2.39. The van der Waals surface area contributed by atoms with Crippen molar-refractivity contribution in [3.63, 3.8) is 0 Å². The molecular formula is C48H86O9. The summed E-state index contributed by atoms with van der Waals surface area (Å²) in [6.45, 7) is 4.49. The van der Waals surface area contributed by atoms with Gasteiger partial charge in [-0.05, 0) is 77.0 Å². The molecule has 6 unspecified atom stereocenters. The van der Waals surface area contributed by atoms with E-state index in [2.05, 4.69) is 62.5 Å². The van der Waals surface area contributed by atoms with Crippen LogP contribution in [0.3, 0.4) is 0 Å². The Balaban J connectivity index is 2.27. The molecule has 0 aromatic carbocycles. The molecule has 0 bridgehead atoms. The van der Waals surface area contributed by atoms with Gasteiger partial charge in [0.1, 0.15) is 30.5 Å². The molecular weight excluding hydrogens is 721 g/mol. The summed E-state index contributed by atoms with van der Waals surface area (Å²) in [6, 6.07) is 0. The first kappa shape index (κ1) is 53.2. The highest BCUT2D eigenvalue weighted by Crippen LogP contribution is 2.22. The first-order chi connectivity index (χ1) is 27.9. The number of hydrogen-bond acceptors (Lipinski definition) is 9. The van der Waals surface area contributed by atoms with Gasteiger partial charge in [0.25, 0.3) is 0 Å². The molecule has 1 rings (SSSR count). The molecule has 0 aliphatic carbocycles. The van der Waals surface area contributed by atoms with Gasteiger partial charge in [0.2, 0.25) is 0 Å². The van der Waals surface area contributed by atoms with Crippen LogP contribution in [0.5, 0.6) is 0 Å². The summed E-state index contributed by atoms with van der Waals surface area (Å²) in [6.07, 6.45) is 41.3. The molecule has 332 valence electrons. The quantitative estimate of drug-likeness (QED) is 0.0272. The van der Waals surface area contributed by atoms with Crippen molar-refractivity contribution in [3.8, 4) is 0 Å². The van der Waals surface area contributed by atoms with E-state index in [1.165, 1.54) is 103 Å². The highest BCUT2D eigenvalue weighted by Gasteiger charge is 2.44. The Hall–Kier alpha value is -1.85. The largest absolute Gasteiger partial charge is 0.457 e. The summed E-state index contributed by atoms with van der Waals surface area (Å²) >= 11 is 0. The average molecular weight is 807 g/mol. The maximum atomic E-state index is 12.8. The van der Waals surface area contributed by atoms with Crippen LogP contribution < -0.4 is 0 Å².